The van der Waals surface area contributed by atoms with Crippen LogP contribution in [0.2, 0.25) is 0 Å². The molecule has 16 heavy (non-hydrogen) atoms. The van der Waals surface area contributed by atoms with Crippen LogP contribution in [0, 0.1) is 5.41 Å². The predicted octanol–water partition coefficient (Wildman–Crippen LogP) is 3.01. The van der Waals surface area contributed by atoms with Crippen molar-refractivity contribution in [1.29, 1.82) is 0 Å². The van der Waals surface area contributed by atoms with Crippen molar-refractivity contribution >= 4 is 17.4 Å². The van der Waals surface area contributed by atoms with Gasteiger partial charge < -0.3 is 5.32 Å². The molecule has 0 radical (unpaired) electrons. The third kappa shape index (κ3) is 2.79. The van der Waals surface area contributed by atoms with Gasteiger partial charge in [-0.2, -0.15) is 0 Å². The minimum absolute atomic E-state index is 0.0918. The van der Waals surface area contributed by atoms with Crippen LogP contribution in [0.25, 0.3) is 0 Å². The van der Waals surface area contributed by atoms with Gasteiger partial charge in [-0.3, -0.25) is 4.79 Å². The summed E-state index contributed by atoms with van der Waals surface area (Å²) in [4.78, 5) is 11.6. The molecule has 0 aliphatic heterocycles. The molecule has 0 aromatic rings. The first-order chi connectivity index (χ1) is 7.46. The second-order valence-electron chi connectivity index (χ2n) is 5.85. The second kappa shape index (κ2) is 4.40. The van der Waals surface area contributed by atoms with Crippen LogP contribution < -0.4 is 5.32 Å². The van der Waals surface area contributed by atoms with E-state index in [1.165, 1.54) is 6.42 Å². The molecule has 2 aliphatic carbocycles. The lowest BCUT2D eigenvalue weighted by atomic mass is 9.79. The molecular weight excluding hydrogens is 222 g/mol. The Morgan fingerprint density at radius 3 is 2.69 bits per heavy atom. The maximum atomic E-state index is 11.6. The zero-order valence-corrected chi connectivity index (χ0v) is 10.8. The van der Waals surface area contributed by atoms with E-state index in [4.69, 9.17) is 11.6 Å². The summed E-state index contributed by atoms with van der Waals surface area (Å²) in [7, 11) is 0. The fraction of sp³-hybridized carbons (Fsp3) is 0.769. The van der Waals surface area contributed by atoms with Gasteiger partial charge in [0.1, 0.15) is 0 Å². The Bertz CT molecular complexity index is 322. The van der Waals surface area contributed by atoms with Crippen LogP contribution in [0.4, 0.5) is 0 Å². The third-order valence-electron chi connectivity index (χ3n) is 3.46. The topological polar surface area (TPSA) is 29.1 Å². The minimum Gasteiger partial charge on any atom is -0.384 e. The van der Waals surface area contributed by atoms with Crippen LogP contribution in [0.1, 0.15) is 46.0 Å². The number of ketones is 1. The van der Waals surface area contributed by atoms with Crippen molar-refractivity contribution < 1.29 is 4.79 Å². The van der Waals surface area contributed by atoms with Gasteiger partial charge in [0.05, 0.1) is 5.38 Å². The molecule has 0 aromatic heterocycles. The molecule has 0 saturated heterocycles. The van der Waals surface area contributed by atoms with Gasteiger partial charge in [0.2, 0.25) is 0 Å². The Morgan fingerprint density at radius 1 is 1.38 bits per heavy atom. The summed E-state index contributed by atoms with van der Waals surface area (Å²) in [6.07, 6.45) is 6.79. The number of carbonyl (C=O) groups excluding carboxylic acids is 1. The smallest absolute Gasteiger partial charge is 0.157 e. The first-order valence-electron chi connectivity index (χ1n) is 6.10. The van der Waals surface area contributed by atoms with Crippen molar-refractivity contribution in [1.82, 2.24) is 5.32 Å². The van der Waals surface area contributed by atoms with Gasteiger partial charge in [0.25, 0.3) is 0 Å². The van der Waals surface area contributed by atoms with E-state index in [1.807, 2.05) is 0 Å². The van der Waals surface area contributed by atoms with Crippen molar-refractivity contribution in [3.63, 3.8) is 0 Å². The van der Waals surface area contributed by atoms with Gasteiger partial charge in [-0.25, -0.2) is 0 Å². The lowest BCUT2D eigenvalue weighted by Crippen LogP contribution is -2.36. The zero-order valence-electron chi connectivity index (χ0n) is 10.1. The average molecular weight is 242 g/mol. The summed E-state index contributed by atoms with van der Waals surface area (Å²) >= 11 is 6.23. The fourth-order valence-corrected chi connectivity index (χ4v) is 3.10. The molecule has 2 rings (SSSR count). The van der Waals surface area contributed by atoms with Gasteiger partial charge in [-0.05, 0) is 31.1 Å². The van der Waals surface area contributed by atoms with E-state index in [9.17, 15) is 4.79 Å². The number of alkyl halides is 1. The highest BCUT2D eigenvalue weighted by Gasteiger charge is 2.31. The van der Waals surface area contributed by atoms with Crippen LogP contribution in [-0.4, -0.2) is 17.2 Å². The number of carbonyl (C=O) groups is 1. The molecule has 0 spiro atoms. The number of halogens is 1. The molecule has 3 heteroatoms. The molecule has 0 aromatic carbocycles. The van der Waals surface area contributed by atoms with Crippen LogP contribution in [0.3, 0.4) is 0 Å². The lowest BCUT2D eigenvalue weighted by molar-refractivity contribution is -0.117. The number of allylic oxidation sites excluding steroid dienone is 2. The van der Waals surface area contributed by atoms with E-state index >= 15 is 0 Å². The Labute approximate surface area is 102 Å². The molecule has 0 heterocycles. The summed E-state index contributed by atoms with van der Waals surface area (Å²) in [6.45, 7) is 4.29. The highest BCUT2D eigenvalue weighted by Crippen LogP contribution is 2.34. The molecule has 2 atom stereocenters. The molecule has 2 nitrogen and oxygen atoms in total. The van der Waals surface area contributed by atoms with Gasteiger partial charge in [0.15, 0.2) is 5.78 Å². The normalized spacial score (nSPS) is 33.7. The zero-order chi connectivity index (χ0) is 11.8. The Hall–Kier alpha value is -0.500. The highest BCUT2D eigenvalue weighted by atomic mass is 35.5. The molecule has 90 valence electrons. The monoisotopic (exact) mass is 241 g/mol. The Morgan fingerprint density at radius 2 is 2.12 bits per heavy atom. The van der Waals surface area contributed by atoms with Crippen LogP contribution in [0.15, 0.2) is 11.8 Å². The largest absolute Gasteiger partial charge is 0.384 e. The molecule has 0 bridgehead atoms. The van der Waals surface area contributed by atoms with Gasteiger partial charge >= 0.3 is 0 Å². The number of hydrogen-bond acceptors (Lipinski definition) is 2. The second-order valence-corrected chi connectivity index (χ2v) is 6.41. The van der Waals surface area contributed by atoms with E-state index in [-0.39, 0.29) is 16.6 Å². The molecule has 1 fully saturated rings. The van der Waals surface area contributed by atoms with Crippen LogP contribution in [0.5, 0.6) is 0 Å². The van der Waals surface area contributed by atoms with Crippen molar-refractivity contribution in [2.45, 2.75) is 57.4 Å². The van der Waals surface area contributed by atoms with E-state index in [0.717, 1.165) is 25.0 Å². The molecule has 1 saturated carbocycles. The summed E-state index contributed by atoms with van der Waals surface area (Å²) in [5.41, 5.74) is 1.17. The van der Waals surface area contributed by atoms with Gasteiger partial charge in [-0.15, -0.1) is 11.6 Å². The maximum Gasteiger partial charge on any atom is 0.157 e. The maximum absolute atomic E-state index is 11.6. The standard InChI is InChI=1S/C13H20ClNO/c1-13(2)7-9(6-10(16)8-13)15-12-5-3-4-11(12)14/h6,11-12,15H,3-5,7-8H2,1-2H3/t11-,12+/m0/s1. The molecule has 0 unspecified atom stereocenters. The number of rotatable bonds is 2. The van der Waals surface area contributed by atoms with Gasteiger partial charge in [0, 0.05) is 24.2 Å². The van der Waals surface area contributed by atoms with Crippen LogP contribution >= 0.6 is 11.6 Å². The molecule has 1 N–H and O–H groups in total. The first kappa shape index (κ1) is 12.0. The summed E-state index contributed by atoms with van der Waals surface area (Å²) in [6, 6.07) is 0.356. The van der Waals surface area contributed by atoms with Crippen LogP contribution in [-0.2, 0) is 4.79 Å². The van der Waals surface area contributed by atoms with Crippen molar-refractivity contribution in [3.8, 4) is 0 Å². The molecule has 2 aliphatic rings. The SMILES string of the molecule is CC1(C)CC(=O)C=C(N[C@@H]2CCC[C@@H]2Cl)C1. The Balaban J connectivity index is 2.01. The van der Waals surface area contributed by atoms with Crippen molar-refractivity contribution in [2.24, 2.45) is 5.41 Å². The van der Waals surface area contributed by atoms with E-state index in [0.29, 0.717) is 12.5 Å². The van der Waals surface area contributed by atoms with Crippen molar-refractivity contribution in [2.75, 3.05) is 0 Å². The quantitative estimate of drug-likeness (QED) is 0.753. The third-order valence-corrected chi connectivity index (χ3v) is 3.98. The average Bonchev–Trinajstić information content (AvgIpc) is 2.48. The van der Waals surface area contributed by atoms with E-state index < -0.39 is 0 Å². The molecular formula is C13H20ClNO. The first-order valence-corrected chi connectivity index (χ1v) is 6.54. The molecule has 0 amide bonds. The van der Waals surface area contributed by atoms with Crippen molar-refractivity contribution in [3.05, 3.63) is 11.8 Å². The number of nitrogens with one attached hydrogen (secondary N) is 1. The Kier molecular flexibility index (Phi) is 3.29. The fourth-order valence-electron chi connectivity index (χ4n) is 2.75. The summed E-state index contributed by atoms with van der Waals surface area (Å²) in [5.74, 6) is 0.239. The van der Waals surface area contributed by atoms with E-state index in [2.05, 4.69) is 19.2 Å². The predicted molar refractivity (Wildman–Crippen MR) is 66.5 cm³/mol. The minimum atomic E-state index is 0.0918. The lowest BCUT2D eigenvalue weighted by Gasteiger charge is -2.31. The van der Waals surface area contributed by atoms with E-state index in [1.54, 1.807) is 6.08 Å². The van der Waals surface area contributed by atoms with Gasteiger partial charge in [-0.1, -0.05) is 13.8 Å². The highest BCUT2D eigenvalue weighted by molar-refractivity contribution is 6.21. The summed E-state index contributed by atoms with van der Waals surface area (Å²) < 4.78 is 0. The summed E-state index contributed by atoms with van der Waals surface area (Å²) in [5, 5.41) is 3.69. The number of hydrogen-bond donors (Lipinski definition) is 1.